The van der Waals surface area contributed by atoms with Gasteiger partial charge in [-0.3, -0.25) is 4.79 Å². The lowest BCUT2D eigenvalue weighted by Gasteiger charge is -2.05. The summed E-state index contributed by atoms with van der Waals surface area (Å²) in [6.07, 6.45) is 0. The van der Waals surface area contributed by atoms with Crippen molar-refractivity contribution < 1.29 is 13.2 Å². The highest BCUT2D eigenvalue weighted by molar-refractivity contribution is 7.89. The van der Waals surface area contributed by atoms with Crippen LogP contribution in [0.5, 0.6) is 0 Å². The average Bonchev–Trinajstić information content (AvgIpc) is 2.75. The van der Waals surface area contributed by atoms with Gasteiger partial charge >= 0.3 is 0 Å². The van der Waals surface area contributed by atoms with Gasteiger partial charge in [0.05, 0.1) is 9.77 Å². The number of benzene rings is 1. The van der Waals surface area contributed by atoms with Gasteiger partial charge in [-0.2, -0.15) is 0 Å². The van der Waals surface area contributed by atoms with Crippen LogP contribution < -0.4 is 10.5 Å². The minimum atomic E-state index is -3.77. The number of primary sulfonamides is 1. The standard InChI is InChI=1S/C12H12N2O3S2/c1-8-5-6-11(18-8)12(15)14-9-3-2-4-10(7-9)19(13,16)17/h2-7H,1H3,(H,14,15)(H2,13,16,17). The number of aryl methyl sites for hydroxylation is 1. The van der Waals surface area contributed by atoms with E-state index in [0.29, 0.717) is 10.6 Å². The van der Waals surface area contributed by atoms with E-state index in [0.717, 1.165) is 4.88 Å². The summed E-state index contributed by atoms with van der Waals surface area (Å²) in [7, 11) is -3.77. The van der Waals surface area contributed by atoms with Crippen molar-refractivity contribution in [3.05, 3.63) is 46.2 Å². The van der Waals surface area contributed by atoms with Gasteiger partial charge in [0.2, 0.25) is 10.0 Å². The van der Waals surface area contributed by atoms with Crippen LogP contribution in [-0.4, -0.2) is 14.3 Å². The van der Waals surface area contributed by atoms with Gasteiger partial charge in [-0.15, -0.1) is 11.3 Å². The Bertz CT molecular complexity index is 720. The molecule has 0 fully saturated rings. The third kappa shape index (κ3) is 3.40. The van der Waals surface area contributed by atoms with Crippen molar-refractivity contribution >= 4 is 33.0 Å². The van der Waals surface area contributed by atoms with Crippen molar-refractivity contribution in [3.63, 3.8) is 0 Å². The second-order valence-electron chi connectivity index (χ2n) is 3.94. The number of thiophene rings is 1. The Morgan fingerprint density at radius 2 is 2.00 bits per heavy atom. The Morgan fingerprint density at radius 1 is 1.26 bits per heavy atom. The minimum Gasteiger partial charge on any atom is -0.321 e. The van der Waals surface area contributed by atoms with Gasteiger partial charge in [0.1, 0.15) is 0 Å². The lowest BCUT2D eigenvalue weighted by molar-refractivity contribution is 0.103. The molecule has 100 valence electrons. The van der Waals surface area contributed by atoms with E-state index in [1.807, 2.05) is 13.0 Å². The van der Waals surface area contributed by atoms with Crippen LogP contribution in [0.2, 0.25) is 0 Å². The SMILES string of the molecule is Cc1ccc(C(=O)Nc2cccc(S(N)(=O)=O)c2)s1. The molecule has 2 aromatic rings. The maximum absolute atomic E-state index is 11.9. The first-order chi connectivity index (χ1) is 8.86. The molecule has 0 unspecified atom stereocenters. The smallest absolute Gasteiger partial charge is 0.265 e. The predicted molar refractivity (Wildman–Crippen MR) is 74.8 cm³/mol. The van der Waals surface area contributed by atoms with Crippen LogP contribution >= 0.6 is 11.3 Å². The fourth-order valence-corrected chi connectivity index (χ4v) is 2.82. The Labute approximate surface area is 115 Å². The van der Waals surface area contributed by atoms with Crippen LogP contribution in [0.3, 0.4) is 0 Å². The number of nitrogens with one attached hydrogen (secondary N) is 1. The summed E-state index contributed by atoms with van der Waals surface area (Å²) in [6, 6.07) is 9.40. The number of hydrogen-bond acceptors (Lipinski definition) is 4. The van der Waals surface area contributed by atoms with Crippen molar-refractivity contribution in [2.45, 2.75) is 11.8 Å². The summed E-state index contributed by atoms with van der Waals surface area (Å²) in [5.74, 6) is -0.273. The van der Waals surface area contributed by atoms with E-state index in [-0.39, 0.29) is 10.8 Å². The number of hydrogen-bond donors (Lipinski definition) is 2. The van der Waals surface area contributed by atoms with E-state index < -0.39 is 10.0 Å². The first kappa shape index (κ1) is 13.7. The fraction of sp³-hybridized carbons (Fsp3) is 0.0833. The maximum atomic E-state index is 11.9. The molecule has 1 amide bonds. The Kier molecular flexibility index (Phi) is 3.70. The number of sulfonamides is 1. The molecule has 5 nitrogen and oxygen atoms in total. The van der Waals surface area contributed by atoms with Crippen LogP contribution in [0.4, 0.5) is 5.69 Å². The summed E-state index contributed by atoms with van der Waals surface area (Å²) in [5.41, 5.74) is 0.391. The molecule has 0 saturated heterocycles. The van der Waals surface area contributed by atoms with E-state index in [2.05, 4.69) is 5.32 Å². The zero-order chi connectivity index (χ0) is 14.0. The summed E-state index contributed by atoms with van der Waals surface area (Å²) in [4.78, 5) is 13.5. The van der Waals surface area contributed by atoms with E-state index >= 15 is 0 Å². The van der Waals surface area contributed by atoms with Crippen molar-refractivity contribution in [2.24, 2.45) is 5.14 Å². The summed E-state index contributed by atoms with van der Waals surface area (Å²) in [5, 5.41) is 7.67. The lowest BCUT2D eigenvalue weighted by atomic mass is 10.3. The largest absolute Gasteiger partial charge is 0.321 e. The summed E-state index contributed by atoms with van der Waals surface area (Å²) >= 11 is 1.37. The van der Waals surface area contributed by atoms with Gasteiger partial charge in [-0.1, -0.05) is 6.07 Å². The van der Waals surface area contributed by atoms with Crippen LogP contribution in [-0.2, 0) is 10.0 Å². The first-order valence-corrected chi connectivity index (χ1v) is 7.73. The molecule has 1 heterocycles. The second-order valence-corrected chi connectivity index (χ2v) is 6.79. The van der Waals surface area contributed by atoms with E-state index in [4.69, 9.17) is 5.14 Å². The molecule has 0 spiro atoms. The number of nitrogens with two attached hydrogens (primary N) is 1. The van der Waals surface area contributed by atoms with Crippen molar-refractivity contribution in [3.8, 4) is 0 Å². The van der Waals surface area contributed by atoms with Gasteiger partial charge in [-0.05, 0) is 37.3 Å². The van der Waals surface area contributed by atoms with Gasteiger partial charge in [0.15, 0.2) is 0 Å². The number of carbonyl (C=O) groups is 1. The third-order valence-electron chi connectivity index (χ3n) is 2.38. The minimum absolute atomic E-state index is 0.0346. The third-order valence-corrected chi connectivity index (χ3v) is 4.30. The number of rotatable bonds is 3. The molecule has 0 aliphatic carbocycles. The Morgan fingerprint density at radius 3 is 2.58 bits per heavy atom. The molecule has 7 heteroatoms. The van der Waals surface area contributed by atoms with E-state index in [1.165, 1.54) is 29.5 Å². The van der Waals surface area contributed by atoms with Crippen LogP contribution in [0, 0.1) is 6.92 Å². The highest BCUT2D eigenvalue weighted by Gasteiger charge is 2.11. The van der Waals surface area contributed by atoms with Crippen molar-refractivity contribution in [2.75, 3.05) is 5.32 Å². The molecule has 0 aliphatic heterocycles. The monoisotopic (exact) mass is 296 g/mol. The van der Waals surface area contributed by atoms with Crippen LogP contribution in [0.25, 0.3) is 0 Å². The van der Waals surface area contributed by atoms with Gasteiger partial charge in [-0.25, -0.2) is 13.6 Å². The average molecular weight is 296 g/mol. The Hall–Kier alpha value is -1.70. The van der Waals surface area contributed by atoms with E-state index in [1.54, 1.807) is 12.1 Å². The zero-order valence-electron chi connectivity index (χ0n) is 10.1. The molecule has 3 N–H and O–H groups in total. The molecule has 0 radical (unpaired) electrons. The normalized spacial score (nSPS) is 11.3. The van der Waals surface area contributed by atoms with Crippen molar-refractivity contribution in [1.29, 1.82) is 0 Å². The topological polar surface area (TPSA) is 89.3 Å². The Balaban J connectivity index is 2.22. The fourth-order valence-electron chi connectivity index (χ4n) is 1.50. The first-order valence-electron chi connectivity index (χ1n) is 5.37. The molecule has 19 heavy (non-hydrogen) atoms. The van der Waals surface area contributed by atoms with E-state index in [9.17, 15) is 13.2 Å². The molecule has 1 aromatic heterocycles. The van der Waals surface area contributed by atoms with Gasteiger partial charge in [0, 0.05) is 10.6 Å². The molecule has 0 atom stereocenters. The molecule has 2 rings (SSSR count). The summed E-state index contributed by atoms with van der Waals surface area (Å²) < 4.78 is 22.4. The zero-order valence-corrected chi connectivity index (χ0v) is 11.7. The molecule has 0 aliphatic rings. The number of amides is 1. The predicted octanol–water partition coefficient (Wildman–Crippen LogP) is 1.96. The van der Waals surface area contributed by atoms with Gasteiger partial charge in [0.25, 0.3) is 5.91 Å². The highest BCUT2D eigenvalue weighted by Crippen LogP contribution is 2.18. The molecule has 0 saturated carbocycles. The van der Waals surface area contributed by atoms with Crippen molar-refractivity contribution in [1.82, 2.24) is 0 Å². The molecule has 0 bridgehead atoms. The summed E-state index contributed by atoms with van der Waals surface area (Å²) in [6.45, 7) is 1.91. The molecular formula is C12H12N2O3S2. The molecular weight excluding hydrogens is 284 g/mol. The number of carbonyl (C=O) groups excluding carboxylic acids is 1. The van der Waals surface area contributed by atoms with Crippen LogP contribution in [0.15, 0.2) is 41.3 Å². The van der Waals surface area contributed by atoms with Gasteiger partial charge < -0.3 is 5.32 Å². The molecule has 1 aromatic carbocycles. The van der Waals surface area contributed by atoms with Crippen LogP contribution in [0.1, 0.15) is 14.5 Å². The highest BCUT2D eigenvalue weighted by atomic mass is 32.2. The lowest BCUT2D eigenvalue weighted by Crippen LogP contribution is -2.14. The maximum Gasteiger partial charge on any atom is 0.265 e. The second kappa shape index (κ2) is 5.12. The number of anilines is 1. The quantitative estimate of drug-likeness (QED) is 0.907.